The molecule has 1 aliphatic heterocycles. The number of hydrogen-bond acceptors (Lipinski definition) is 4. The van der Waals surface area contributed by atoms with Crippen molar-refractivity contribution in [2.75, 3.05) is 40.3 Å². The number of likely N-dealkylation sites (N-methyl/N-ethyl adjacent to an activating group) is 1. The third-order valence-electron chi connectivity index (χ3n) is 4.32. The van der Waals surface area contributed by atoms with E-state index in [1.54, 1.807) is 0 Å². The zero-order chi connectivity index (χ0) is 16.1. The van der Waals surface area contributed by atoms with Gasteiger partial charge in [0.05, 0.1) is 12.2 Å². The maximum absolute atomic E-state index is 12.0. The minimum absolute atomic E-state index is 0.132. The molecular weight excluding hydrogens is 278 g/mol. The zero-order valence-corrected chi connectivity index (χ0v) is 14.3. The molecule has 0 aliphatic carbocycles. The number of carbonyl (C=O) groups excluding carboxylic acids is 1. The summed E-state index contributed by atoms with van der Waals surface area (Å²) in [7, 11) is 4.21. The van der Waals surface area contributed by atoms with E-state index in [1.807, 2.05) is 11.6 Å². The van der Waals surface area contributed by atoms with Crippen molar-refractivity contribution >= 4 is 5.91 Å². The van der Waals surface area contributed by atoms with Gasteiger partial charge in [-0.3, -0.25) is 14.4 Å². The maximum atomic E-state index is 12.0. The molecule has 124 valence electrons. The second-order valence-corrected chi connectivity index (χ2v) is 6.49. The third kappa shape index (κ3) is 4.81. The smallest absolute Gasteiger partial charge is 0.234 e. The number of carbonyl (C=O) groups is 1. The van der Waals surface area contributed by atoms with Crippen molar-refractivity contribution in [2.45, 2.75) is 39.3 Å². The average Bonchev–Trinajstić information content (AvgIpc) is 3.02. The van der Waals surface area contributed by atoms with Gasteiger partial charge in [0.2, 0.25) is 5.91 Å². The number of rotatable bonds is 7. The van der Waals surface area contributed by atoms with Crippen molar-refractivity contribution in [2.24, 2.45) is 0 Å². The van der Waals surface area contributed by atoms with Crippen molar-refractivity contribution in [3.05, 3.63) is 17.5 Å². The van der Waals surface area contributed by atoms with Crippen LogP contribution in [-0.4, -0.2) is 71.8 Å². The zero-order valence-electron chi connectivity index (χ0n) is 14.3. The fourth-order valence-corrected chi connectivity index (χ4v) is 2.99. The summed E-state index contributed by atoms with van der Waals surface area (Å²) in [4.78, 5) is 16.4. The molecule has 2 heterocycles. The third-order valence-corrected chi connectivity index (χ3v) is 4.32. The molecule has 6 nitrogen and oxygen atoms in total. The fourth-order valence-electron chi connectivity index (χ4n) is 2.99. The number of nitrogens with zero attached hydrogens (tertiary/aromatic N) is 4. The number of likely N-dealkylation sites (tertiary alicyclic amines) is 1. The molecule has 0 radical (unpaired) electrons. The molecule has 0 spiro atoms. The van der Waals surface area contributed by atoms with Crippen LogP contribution < -0.4 is 5.32 Å². The van der Waals surface area contributed by atoms with Gasteiger partial charge in [0.25, 0.3) is 0 Å². The van der Waals surface area contributed by atoms with Crippen LogP contribution >= 0.6 is 0 Å². The highest BCUT2D eigenvalue weighted by Gasteiger charge is 2.24. The van der Waals surface area contributed by atoms with Gasteiger partial charge in [-0.2, -0.15) is 5.10 Å². The first kappa shape index (κ1) is 17.0. The first-order valence-electron chi connectivity index (χ1n) is 8.12. The topological polar surface area (TPSA) is 53.4 Å². The standard InChI is InChI=1S/C16H29N5O/c1-13-10-14(2)21(18-13)8-5-7-17-16(22)12-20-9-6-15(11-20)19(3)4/h10,15H,5-9,11-12H2,1-4H3,(H,17,22)/t15-/m0/s1. The van der Waals surface area contributed by atoms with E-state index in [4.69, 9.17) is 0 Å². The van der Waals surface area contributed by atoms with Gasteiger partial charge >= 0.3 is 0 Å². The highest BCUT2D eigenvalue weighted by atomic mass is 16.2. The molecule has 0 unspecified atom stereocenters. The van der Waals surface area contributed by atoms with E-state index < -0.39 is 0 Å². The SMILES string of the molecule is Cc1cc(C)n(CCCNC(=O)CN2CC[C@H](N(C)C)C2)n1. The number of nitrogens with one attached hydrogen (secondary N) is 1. The van der Waals surface area contributed by atoms with Gasteiger partial charge in [-0.1, -0.05) is 0 Å². The van der Waals surface area contributed by atoms with Gasteiger partial charge in [-0.25, -0.2) is 0 Å². The Morgan fingerprint density at radius 3 is 2.82 bits per heavy atom. The lowest BCUT2D eigenvalue weighted by Gasteiger charge is -2.20. The summed E-state index contributed by atoms with van der Waals surface area (Å²) in [6, 6.07) is 2.66. The van der Waals surface area contributed by atoms with E-state index >= 15 is 0 Å². The second kappa shape index (κ2) is 7.74. The minimum Gasteiger partial charge on any atom is -0.355 e. The summed E-state index contributed by atoms with van der Waals surface area (Å²) in [5.74, 6) is 0.132. The molecule has 6 heteroatoms. The van der Waals surface area contributed by atoms with Crippen molar-refractivity contribution in [3.8, 4) is 0 Å². The van der Waals surface area contributed by atoms with Crippen molar-refractivity contribution in [1.82, 2.24) is 24.9 Å². The summed E-state index contributed by atoms with van der Waals surface area (Å²) in [6.45, 7) is 8.16. The molecule has 1 amide bonds. The van der Waals surface area contributed by atoms with Crippen molar-refractivity contribution < 1.29 is 4.79 Å². The Labute approximate surface area is 133 Å². The minimum atomic E-state index is 0.132. The number of aromatic nitrogens is 2. The summed E-state index contributed by atoms with van der Waals surface area (Å²) in [5.41, 5.74) is 2.22. The van der Waals surface area contributed by atoms with Crippen LogP contribution in [0.1, 0.15) is 24.2 Å². The molecule has 0 aromatic carbocycles. The molecule has 1 fully saturated rings. The molecule has 1 aromatic rings. The second-order valence-electron chi connectivity index (χ2n) is 6.49. The first-order chi connectivity index (χ1) is 10.5. The molecule has 1 aliphatic rings. The summed E-state index contributed by atoms with van der Waals surface area (Å²) in [5, 5.41) is 7.44. The Morgan fingerprint density at radius 2 is 2.23 bits per heavy atom. The van der Waals surface area contributed by atoms with Gasteiger partial charge in [-0.05, 0) is 46.9 Å². The van der Waals surface area contributed by atoms with Crippen LogP contribution in [0, 0.1) is 13.8 Å². The summed E-state index contributed by atoms with van der Waals surface area (Å²) in [6.07, 6.45) is 2.06. The quantitative estimate of drug-likeness (QED) is 0.751. The van der Waals surface area contributed by atoms with E-state index in [0.717, 1.165) is 38.2 Å². The molecule has 0 saturated carbocycles. The number of hydrogen-bond donors (Lipinski definition) is 1. The van der Waals surface area contributed by atoms with Gasteiger partial charge in [-0.15, -0.1) is 0 Å². The molecule has 1 atom stereocenters. The van der Waals surface area contributed by atoms with Gasteiger partial charge in [0.1, 0.15) is 0 Å². The van der Waals surface area contributed by atoms with Crippen LogP contribution in [0.3, 0.4) is 0 Å². The van der Waals surface area contributed by atoms with Crippen LogP contribution in [0.5, 0.6) is 0 Å². The van der Waals surface area contributed by atoms with Crippen LogP contribution in [0.2, 0.25) is 0 Å². The van der Waals surface area contributed by atoms with Crippen molar-refractivity contribution in [1.29, 1.82) is 0 Å². The van der Waals surface area contributed by atoms with E-state index in [9.17, 15) is 4.79 Å². The predicted molar refractivity (Wildman–Crippen MR) is 87.9 cm³/mol. The molecule has 1 N–H and O–H groups in total. The lowest BCUT2D eigenvalue weighted by Crippen LogP contribution is -2.38. The predicted octanol–water partition coefficient (Wildman–Crippen LogP) is 0.642. The Bertz CT molecular complexity index is 497. The Hall–Kier alpha value is -1.40. The highest BCUT2D eigenvalue weighted by molar-refractivity contribution is 5.78. The number of amides is 1. The van der Waals surface area contributed by atoms with Crippen LogP contribution in [0.15, 0.2) is 6.07 Å². The normalized spacial score (nSPS) is 19.0. The molecular formula is C16H29N5O. The van der Waals surface area contributed by atoms with Crippen molar-refractivity contribution in [3.63, 3.8) is 0 Å². The lowest BCUT2D eigenvalue weighted by atomic mass is 10.2. The Kier molecular flexibility index (Phi) is 5.97. The van der Waals surface area contributed by atoms with E-state index in [1.165, 1.54) is 5.69 Å². The van der Waals surface area contributed by atoms with E-state index in [0.29, 0.717) is 19.1 Å². The molecule has 22 heavy (non-hydrogen) atoms. The number of aryl methyl sites for hydroxylation is 3. The van der Waals surface area contributed by atoms with Gasteiger partial charge < -0.3 is 10.2 Å². The Morgan fingerprint density at radius 1 is 1.45 bits per heavy atom. The largest absolute Gasteiger partial charge is 0.355 e. The monoisotopic (exact) mass is 307 g/mol. The summed E-state index contributed by atoms with van der Waals surface area (Å²) < 4.78 is 2.00. The summed E-state index contributed by atoms with van der Waals surface area (Å²) >= 11 is 0. The van der Waals surface area contributed by atoms with Crippen LogP contribution in [0.4, 0.5) is 0 Å². The average molecular weight is 307 g/mol. The molecule has 0 bridgehead atoms. The first-order valence-corrected chi connectivity index (χ1v) is 8.12. The molecule has 2 rings (SSSR count). The van der Waals surface area contributed by atoms with Crippen LogP contribution in [-0.2, 0) is 11.3 Å². The van der Waals surface area contributed by atoms with Crippen LogP contribution in [0.25, 0.3) is 0 Å². The van der Waals surface area contributed by atoms with Gasteiger partial charge in [0, 0.05) is 37.9 Å². The fraction of sp³-hybridized carbons (Fsp3) is 0.750. The maximum Gasteiger partial charge on any atom is 0.234 e. The van der Waals surface area contributed by atoms with Gasteiger partial charge in [0.15, 0.2) is 0 Å². The van der Waals surface area contributed by atoms with E-state index in [2.05, 4.69) is 47.3 Å². The molecule has 1 aromatic heterocycles. The highest BCUT2D eigenvalue weighted by Crippen LogP contribution is 2.12. The lowest BCUT2D eigenvalue weighted by molar-refractivity contribution is -0.122. The Balaban J connectivity index is 1.61. The molecule has 1 saturated heterocycles. The van der Waals surface area contributed by atoms with E-state index in [-0.39, 0.29) is 5.91 Å².